The van der Waals surface area contributed by atoms with E-state index in [1.807, 2.05) is 39.0 Å². The minimum absolute atomic E-state index is 0.256. The Morgan fingerprint density at radius 2 is 2.00 bits per heavy atom. The molecular formula is C18H21N3O3. The van der Waals surface area contributed by atoms with E-state index in [2.05, 4.69) is 5.10 Å². The Kier molecular flexibility index (Phi) is 4.13. The number of amides is 1. The molecular weight excluding hydrogens is 306 g/mol. The van der Waals surface area contributed by atoms with Gasteiger partial charge < -0.3 is 10.0 Å². The van der Waals surface area contributed by atoms with Gasteiger partial charge in [0.25, 0.3) is 5.91 Å². The molecule has 2 aromatic rings. The molecule has 1 unspecified atom stereocenters. The number of nitrogens with zero attached hydrogens (tertiary/aromatic N) is 3. The summed E-state index contributed by atoms with van der Waals surface area (Å²) in [7, 11) is 0. The van der Waals surface area contributed by atoms with E-state index in [1.54, 1.807) is 4.68 Å². The first-order chi connectivity index (χ1) is 11.4. The van der Waals surface area contributed by atoms with Crippen molar-refractivity contribution in [2.75, 3.05) is 6.54 Å². The first-order valence-electron chi connectivity index (χ1n) is 8.06. The number of carboxylic acids is 1. The number of aromatic nitrogens is 2. The van der Waals surface area contributed by atoms with E-state index in [4.69, 9.17) is 0 Å². The van der Waals surface area contributed by atoms with Gasteiger partial charge in [-0.25, -0.2) is 9.48 Å². The van der Waals surface area contributed by atoms with Crippen LogP contribution in [0.5, 0.6) is 0 Å². The molecule has 1 aliphatic rings. The van der Waals surface area contributed by atoms with Crippen LogP contribution < -0.4 is 0 Å². The van der Waals surface area contributed by atoms with Crippen LogP contribution in [0.25, 0.3) is 5.69 Å². The van der Waals surface area contributed by atoms with E-state index >= 15 is 0 Å². The Labute approximate surface area is 140 Å². The highest BCUT2D eigenvalue weighted by Gasteiger charge is 2.35. The SMILES string of the molecule is Cc1ccc(C)c(-n2ncc(C(=O)N3CCCC3C(=O)O)c2C)c1. The van der Waals surface area contributed by atoms with E-state index in [9.17, 15) is 14.7 Å². The highest BCUT2D eigenvalue weighted by atomic mass is 16.4. The van der Waals surface area contributed by atoms with Gasteiger partial charge in [-0.15, -0.1) is 0 Å². The van der Waals surface area contributed by atoms with Crippen LogP contribution in [0.2, 0.25) is 0 Å². The summed E-state index contributed by atoms with van der Waals surface area (Å²) in [5.41, 5.74) is 4.30. The lowest BCUT2D eigenvalue weighted by Gasteiger charge is -2.21. The quantitative estimate of drug-likeness (QED) is 0.940. The monoisotopic (exact) mass is 327 g/mol. The van der Waals surface area contributed by atoms with Gasteiger partial charge in [-0.2, -0.15) is 5.10 Å². The lowest BCUT2D eigenvalue weighted by Crippen LogP contribution is -2.40. The second-order valence-corrected chi connectivity index (χ2v) is 6.34. The van der Waals surface area contributed by atoms with Crippen LogP contribution in [0.3, 0.4) is 0 Å². The standard InChI is InChI=1S/C18H21N3O3/c1-11-6-7-12(2)16(9-11)21-13(3)14(10-19-21)17(22)20-8-4-5-15(20)18(23)24/h6-7,9-10,15H,4-5,8H2,1-3H3,(H,23,24). The summed E-state index contributed by atoms with van der Waals surface area (Å²) in [6, 6.07) is 5.35. The average molecular weight is 327 g/mol. The van der Waals surface area contributed by atoms with E-state index in [1.165, 1.54) is 11.1 Å². The fourth-order valence-electron chi connectivity index (χ4n) is 3.23. The number of likely N-dealkylation sites (tertiary alicyclic amines) is 1. The van der Waals surface area contributed by atoms with Crippen molar-refractivity contribution in [3.8, 4) is 5.69 Å². The third-order valence-electron chi connectivity index (χ3n) is 4.63. The molecule has 3 rings (SSSR count). The average Bonchev–Trinajstić information content (AvgIpc) is 3.16. The summed E-state index contributed by atoms with van der Waals surface area (Å²) in [5, 5.41) is 13.7. The molecule has 0 aliphatic carbocycles. The molecule has 0 saturated carbocycles. The van der Waals surface area contributed by atoms with Crippen LogP contribution in [0.15, 0.2) is 24.4 Å². The van der Waals surface area contributed by atoms with E-state index in [0.29, 0.717) is 24.9 Å². The number of carbonyl (C=O) groups excluding carboxylic acids is 1. The normalized spacial score (nSPS) is 17.3. The van der Waals surface area contributed by atoms with Crippen LogP contribution >= 0.6 is 0 Å². The highest BCUT2D eigenvalue weighted by Crippen LogP contribution is 2.24. The van der Waals surface area contributed by atoms with Gasteiger partial charge in [0.05, 0.1) is 23.1 Å². The Bertz CT molecular complexity index is 810. The van der Waals surface area contributed by atoms with Gasteiger partial charge in [-0.3, -0.25) is 4.79 Å². The van der Waals surface area contributed by atoms with Gasteiger partial charge in [0.15, 0.2) is 0 Å². The summed E-state index contributed by atoms with van der Waals surface area (Å²) < 4.78 is 1.75. The molecule has 1 atom stereocenters. The van der Waals surface area contributed by atoms with Crippen molar-refractivity contribution in [1.29, 1.82) is 0 Å². The minimum atomic E-state index is -0.944. The zero-order valence-electron chi connectivity index (χ0n) is 14.1. The number of hydrogen-bond acceptors (Lipinski definition) is 3. The number of carbonyl (C=O) groups is 2. The molecule has 1 amide bonds. The molecule has 1 aromatic heterocycles. The van der Waals surface area contributed by atoms with Crippen LogP contribution in [0.1, 0.15) is 40.0 Å². The maximum absolute atomic E-state index is 12.8. The summed E-state index contributed by atoms with van der Waals surface area (Å²) >= 11 is 0. The summed E-state index contributed by atoms with van der Waals surface area (Å²) in [6.45, 7) is 6.32. The van der Waals surface area contributed by atoms with Crippen molar-refractivity contribution in [2.24, 2.45) is 0 Å². The van der Waals surface area contributed by atoms with E-state index in [0.717, 1.165) is 22.5 Å². The predicted octanol–water partition coefficient (Wildman–Crippen LogP) is 2.49. The van der Waals surface area contributed by atoms with Crippen molar-refractivity contribution >= 4 is 11.9 Å². The molecule has 0 radical (unpaired) electrons. The first kappa shape index (κ1) is 16.2. The lowest BCUT2D eigenvalue weighted by atomic mass is 10.1. The minimum Gasteiger partial charge on any atom is -0.480 e. The van der Waals surface area contributed by atoms with Crippen LogP contribution in [0.4, 0.5) is 0 Å². The smallest absolute Gasteiger partial charge is 0.326 e. The summed E-state index contributed by atoms with van der Waals surface area (Å²) in [6.07, 6.45) is 2.76. The van der Waals surface area contributed by atoms with Gasteiger partial charge in [0.2, 0.25) is 0 Å². The van der Waals surface area contributed by atoms with Gasteiger partial charge in [0.1, 0.15) is 6.04 Å². The number of aliphatic carboxylic acids is 1. The van der Waals surface area contributed by atoms with Gasteiger partial charge in [-0.05, 0) is 50.8 Å². The van der Waals surface area contributed by atoms with Crippen LogP contribution in [0, 0.1) is 20.8 Å². The molecule has 6 nitrogen and oxygen atoms in total. The zero-order chi connectivity index (χ0) is 17.4. The highest BCUT2D eigenvalue weighted by molar-refractivity contribution is 5.97. The Morgan fingerprint density at radius 1 is 1.25 bits per heavy atom. The molecule has 1 fully saturated rings. The van der Waals surface area contributed by atoms with Gasteiger partial charge >= 0.3 is 5.97 Å². The summed E-state index contributed by atoms with van der Waals surface area (Å²) in [4.78, 5) is 25.6. The van der Waals surface area contributed by atoms with Crippen molar-refractivity contribution in [1.82, 2.24) is 14.7 Å². The zero-order valence-corrected chi connectivity index (χ0v) is 14.1. The molecule has 0 bridgehead atoms. The fourth-order valence-corrected chi connectivity index (χ4v) is 3.23. The van der Waals surface area contributed by atoms with Crippen molar-refractivity contribution in [2.45, 2.75) is 39.7 Å². The van der Waals surface area contributed by atoms with Crippen LogP contribution in [-0.4, -0.2) is 44.3 Å². The van der Waals surface area contributed by atoms with Gasteiger partial charge in [0, 0.05) is 6.54 Å². The molecule has 1 aliphatic heterocycles. The second-order valence-electron chi connectivity index (χ2n) is 6.34. The van der Waals surface area contributed by atoms with Crippen LogP contribution in [-0.2, 0) is 4.79 Å². The number of benzene rings is 1. The molecule has 1 saturated heterocycles. The molecule has 2 heterocycles. The number of rotatable bonds is 3. The lowest BCUT2D eigenvalue weighted by molar-refractivity contribution is -0.141. The Hall–Kier alpha value is -2.63. The third-order valence-corrected chi connectivity index (χ3v) is 4.63. The van der Waals surface area contributed by atoms with E-state index in [-0.39, 0.29) is 5.91 Å². The van der Waals surface area contributed by atoms with Crippen molar-refractivity contribution < 1.29 is 14.7 Å². The largest absolute Gasteiger partial charge is 0.480 e. The number of hydrogen-bond donors (Lipinski definition) is 1. The summed E-state index contributed by atoms with van der Waals surface area (Å²) in [5.74, 6) is -1.20. The first-order valence-corrected chi connectivity index (χ1v) is 8.06. The maximum Gasteiger partial charge on any atom is 0.326 e. The topological polar surface area (TPSA) is 75.4 Å². The third kappa shape index (κ3) is 2.68. The Balaban J connectivity index is 1.97. The van der Waals surface area contributed by atoms with E-state index < -0.39 is 12.0 Å². The molecule has 126 valence electrons. The predicted molar refractivity (Wildman–Crippen MR) is 89.5 cm³/mol. The molecule has 24 heavy (non-hydrogen) atoms. The molecule has 1 aromatic carbocycles. The molecule has 6 heteroatoms. The maximum atomic E-state index is 12.8. The Morgan fingerprint density at radius 3 is 2.71 bits per heavy atom. The number of carboxylic acid groups (broad SMARTS) is 1. The second kappa shape index (κ2) is 6.11. The van der Waals surface area contributed by atoms with Crippen molar-refractivity contribution in [3.63, 3.8) is 0 Å². The van der Waals surface area contributed by atoms with Crippen molar-refractivity contribution in [3.05, 3.63) is 46.8 Å². The fraction of sp³-hybridized carbons (Fsp3) is 0.389. The molecule has 1 N–H and O–H groups in total. The number of aryl methyl sites for hydroxylation is 2. The van der Waals surface area contributed by atoms with Gasteiger partial charge in [-0.1, -0.05) is 12.1 Å². The molecule has 0 spiro atoms.